The number of carbonyl (C=O) groups is 1. The maximum absolute atomic E-state index is 13.5. The summed E-state index contributed by atoms with van der Waals surface area (Å²) in [5.74, 6) is -0.246. The predicted octanol–water partition coefficient (Wildman–Crippen LogP) is 3.86. The summed E-state index contributed by atoms with van der Waals surface area (Å²) in [5, 5.41) is 3.42. The first kappa shape index (κ1) is 16.3. The summed E-state index contributed by atoms with van der Waals surface area (Å²) in [7, 11) is 1.71. The fourth-order valence-corrected chi connectivity index (χ4v) is 2.33. The zero-order valence-electron chi connectivity index (χ0n) is 12.4. The number of nitrogens with one attached hydrogen (secondary N) is 1. The first-order valence-corrected chi connectivity index (χ1v) is 7.41. The number of rotatable bonds is 5. The number of hydrogen-bond acceptors (Lipinski definition) is 1. The average molecular weight is 321 g/mol. The number of halogens is 2. The predicted molar refractivity (Wildman–Crippen MR) is 86.4 cm³/mol. The molecule has 0 spiro atoms. The van der Waals surface area contributed by atoms with Crippen LogP contribution < -0.4 is 5.32 Å². The summed E-state index contributed by atoms with van der Waals surface area (Å²) >= 11 is 5.92. The van der Waals surface area contributed by atoms with Gasteiger partial charge in [0.25, 0.3) is 0 Å². The molecule has 0 fully saturated rings. The van der Waals surface area contributed by atoms with Crippen LogP contribution >= 0.6 is 11.6 Å². The molecule has 2 rings (SSSR count). The molecule has 0 bridgehead atoms. The van der Waals surface area contributed by atoms with Gasteiger partial charge in [0.05, 0.1) is 0 Å². The molecule has 0 aliphatic rings. The van der Waals surface area contributed by atoms with Crippen molar-refractivity contribution in [1.29, 1.82) is 0 Å². The van der Waals surface area contributed by atoms with Gasteiger partial charge in [-0.3, -0.25) is 0 Å². The summed E-state index contributed by atoms with van der Waals surface area (Å²) in [5.41, 5.74) is 1.56. The van der Waals surface area contributed by atoms with Crippen molar-refractivity contribution in [2.75, 3.05) is 13.6 Å². The van der Waals surface area contributed by atoms with E-state index in [4.69, 9.17) is 11.6 Å². The summed E-state index contributed by atoms with van der Waals surface area (Å²) in [6.45, 7) is 0.853. The number of carbonyl (C=O) groups excluding carboxylic acids is 1. The zero-order valence-corrected chi connectivity index (χ0v) is 13.1. The van der Waals surface area contributed by atoms with Crippen LogP contribution in [0.5, 0.6) is 0 Å². The highest BCUT2D eigenvalue weighted by atomic mass is 35.5. The van der Waals surface area contributed by atoms with Crippen molar-refractivity contribution in [1.82, 2.24) is 10.2 Å². The average Bonchev–Trinajstić information content (AvgIpc) is 2.49. The third-order valence-corrected chi connectivity index (χ3v) is 3.52. The van der Waals surface area contributed by atoms with Crippen molar-refractivity contribution >= 4 is 17.6 Å². The largest absolute Gasteiger partial charge is 0.338 e. The van der Waals surface area contributed by atoms with E-state index in [2.05, 4.69) is 5.32 Å². The number of benzene rings is 2. The molecule has 2 amide bonds. The van der Waals surface area contributed by atoms with Gasteiger partial charge in [-0.05, 0) is 35.7 Å². The van der Waals surface area contributed by atoms with E-state index in [0.717, 1.165) is 5.56 Å². The lowest BCUT2D eigenvalue weighted by Crippen LogP contribution is -2.37. The fraction of sp³-hybridized carbons (Fsp3) is 0.235. The van der Waals surface area contributed by atoms with Gasteiger partial charge in [-0.2, -0.15) is 0 Å². The lowest BCUT2D eigenvalue weighted by atomic mass is 10.1. The maximum Gasteiger partial charge on any atom is 0.317 e. The number of urea groups is 1. The van der Waals surface area contributed by atoms with Crippen LogP contribution in [0, 0.1) is 5.82 Å². The molecule has 2 aromatic rings. The SMILES string of the molecule is CN(Cc1cccc(Cl)c1)C(=O)NCCc1ccccc1F. The van der Waals surface area contributed by atoms with Crippen molar-refractivity contribution in [2.45, 2.75) is 13.0 Å². The Bertz CT molecular complexity index is 648. The van der Waals surface area contributed by atoms with Gasteiger partial charge in [-0.15, -0.1) is 0 Å². The van der Waals surface area contributed by atoms with E-state index in [1.807, 2.05) is 18.2 Å². The van der Waals surface area contributed by atoms with E-state index >= 15 is 0 Å². The molecular formula is C17H18ClFN2O. The number of hydrogen-bond donors (Lipinski definition) is 1. The number of nitrogens with zero attached hydrogens (tertiary/aromatic N) is 1. The highest BCUT2D eigenvalue weighted by Crippen LogP contribution is 2.12. The maximum atomic E-state index is 13.5. The highest BCUT2D eigenvalue weighted by molar-refractivity contribution is 6.30. The lowest BCUT2D eigenvalue weighted by Gasteiger charge is -2.18. The van der Waals surface area contributed by atoms with Crippen LogP contribution in [0.4, 0.5) is 9.18 Å². The Morgan fingerprint density at radius 1 is 1.23 bits per heavy atom. The van der Waals surface area contributed by atoms with Crippen molar-refractivity contribution in [3.63, 3.8) is 0 Å². The van der Waals surface area contributed by atoms with E-state index in [1.165, 1.54) is 6.07 Å². The van der Waals surface area contributed by atoms with Gasteiger partial charge in [0, 0.05) is 25.2 Å². The molecule has 3 nitrogen and oxygen atoms in total. The topological polar surface area (TPSA) is 32.3 Å². The smallest absolute Gasteiger partial charge is 0.317 e. The van der Waals surface area contributed by atoms with Gasteiger partial charge in [0.1, 0.15) is 5.82 Å². The lowest BCUT2D eigenvalue weighted by molar-refractivity contribution is 0.207. The van der Waals surface area contributed by atoms with Crippen molar-refractivity contribution < 1.29 is 9.18 Å². The van der Waals surface area contributed by atoms with Gasteiger partial charge in [0.2, 0.25) is 0 Å². The molecule has 0 heterocycles. The molecule has 0 aliphatic heterocycles. The molecule has 0 aliphatic carbocycles. The summed E-state index contributed by atoms with van der Waals surface area (Å²) in [6, 6.07) is 13.7. The molecule has 5 heteroatoms. The second kappa shape index (κ2) is 7.80. The third kappa shape index (κ3) is 4.74. The standard InChI is InChI=1S/C17H18ClFN2O/c1-21(12-13-5-4-7-15(18)11-13)17(22)20-10-9-14-6-2-3-8-16(14)19/h2-8,11H,9-10,12H2,1H3,(H,20,22). The number of amides is 2. The zero-order chi connectivity index (χ0) is 15.9. The second-order valence-electron chi connectivity index (χ2n) is 5.06. The summed E-state index contributed by atoms with van der Waals surface area (Å²) < 4.78 is 13.5. The Balaban J connectivity index is 1.80. The van der Waals surface area contributed by atoms with Crippen LogP contribution in [0.15, 0.2) is 48.5 Å². The first-order valence-electron chi connectivity index (χ1n) is 7.03. The van der Waals surface area contributed by atoms with Gasteiger partial charge in [0.15, 0.2) is 0 Å². The molecule has 0 radical (unpaired) electrons. The van der Waals surface area contributed by atoms with E-state index in [1.54, 1.807) is 36.2 Å². The molecule has 0 unspecified atom stereocenters. The van der Waals surface area contributed by atoms with Crippen LogP contribution in [-0.4, -0.2) is 24.5 Å². The minimum Gasteiger partial charge on any atom is -0.338 e. The second-order valence-corrected chi connectivity index (χ2v) is 5.50. The molecular weight excluding hydrogens is 303 g/mol. The van der Waals surface area contributed by atoms with Gasteiger partial charge in [-0.1, -0.05) is 41.9 Å². The van der Waals surface area contributed by atoms with Gasteiger partial charge >= 0.3 is 6.03 Å². The molecule has 1 N–H and O–H groups in total. The Morgan fingerprint density at radius 3 is 2.73 bits per heavy atom. The molecule has 22 heavy (non-hydrogen) atoms. The van der Waals surface area contributed by atoms with Gasteiger partial charge < -0.3 is 10.2 Å². The van der Waals surface area contributed by atoms with Crippen LogP contribution in [0.3, 0.4) is 0 Å². The molecule has 0 saturated carbocycles. The molecule has 0 saturated heterocycles. The molecule has 116 valence electrons. The Labute approximate surface area is 134 Å². The van der Waals surface area contributed by atoms with E-state index < -0.39 is 0 Å². The summed E-state index contributed by atoms with van der Waals surface area (Å²) in [6.07, 6.45) is 0.462. The quantitative estimate of drug-likeness (QED) is 0.891. The Morgan fingerprint density at radius 2 is 2.00 bits per heavy atom. The van der Waals surface area contributed by atoms with Crippen LogP contribution in [0.25, 0.3) is 0 Å². The molecule has 2 aromatic carbocycles. The fourth-order valence-electron chi connectivity index (χ4n) is 2.12. The van der Waals surface area contributed by atoms with Crippen molar-refractivity contribution in [3.8, 4) is 0 Å². The third-order valence-electron chi connectivity index (χ3n) is 3.28. The summed E-state index contributed by atoms with van der Waals surface area (Å²) in [4.78, 5) is 13.6. The van der Waals surface area contributed by atoms with E-state index in [9.17, 15) is 9.18 Å². The minimum atomic E-state index is -0.246. The van der Waals surface area contributed by atoms with Crippen LogP contribution in [0.1, 0.15) is 11.1 Å². The van der Waals surface area contributed by atoms with Gasteiger partial charge in [-0.25, -0.2) is 9.18 Å². The monoisotopic (exact) mass is 320 g/mol. The van der Waals surface area contributed by atoms with E-state index in [-0.39, 0.29) is 11.8 Å². The molecule has 0 atom stereocenters. The Hall–Kier alpha value is -2.07. The molecule has 0 aromatic heterocycles. The van der Waals surface area contributed by atoms with Crippen LogP contribution in [0.2, 0.25) is 5.02 Å². The van der Waals surface area contributed by atoms with Crippen molar-refractivity contribution in [3.05, 3.63) is 70.5 Å². The van der Waals surface area contributed by atoms with E-state index in [0.29, 0.717) is 30.1 Å². The minimum absolute atomic E-state index is 0.198. The highest BCUT2D eigenvalue weighted by Gasteiger charge is 2.09. The van der Waals surface area contributed by atoms with Crippen LogP contribution in [-0.2, 0) is 13.0 Å². The Kier molecular flexibility index (Phi) is 5.78. The normalized spacial score (nSPS) is 10.3. The first-order chi connectivity index (χ1) is 10.6. The van der Waals surface area contributed by atoms with Crippen molar-refractivity contribution in [2.24, 2.45) is 0 Å².